The van der Waals surface area contributed by atoms with E-state index in [2.05, 4.69) is 0 Å². The second-order valence-electron chi connectivity index (χ2n) is 4.49. The molecule has 1 atom stereocenters. The number of aliphatic hydroxyl groups excluding tert-OH is 1. The number of ether oxygens (including phenoxy) is 1. The second kappa shape index (κ2) is 5.67. The van der Waals surface area contributed by atoms with Gasteiger partial charge in [-0.1, -0.05) is 23.7 Å². The summed E-state index contributed by atoms with van der Waals surface area (Å²) in [5.41, 5.74) is -1.26. The van der Waals surface area contributed by atoms with E-state index in [9.17, 15) is 14.3 Å². The quantitative estimate of drug-likeness (QED) is 0.858. The van der Waals surface area contributed by atoms with Gasteiger partial charge in [0.2, 0.25) is 0 Å². The summed E-state index contributed by atoms with van der Waals surface area (Å²) in [6.07, 6.45) is -1.32. The molecule has 0 spiro atoms. The van der Waals surface area contributed by atoms with E-state index in [4.69, 9.17) is 16.3 Å². The molecule has 0 aliphatic rings. The van der Waals surface area contributed by atoms with Gasteiger partial charge < -0.3 is 9.84 Å². The lowest BCUT2D eigenvalue weighted by atomic mass is 9.82. The van der Waals surface area contributed by atoms with Crippen LogP contribution in [0.15, 0.2) is 18.2 Å². The van der Waals surface area contributed by atoms with Gasteiger partial charge in [0.1, 0.15) is 5.82 Å². The van der Waals surface area contributed by atoms with Gasteiger partial charge in [-0.05, 0) is 26.8 Å². The van der Waals surface area contributed by atoms with E-state index in [1.54, 1.807) is 6.92 Å². The zero-order valence-electron chi connectivity index (χ0n) is 10.5. The van der Waals surface area contributed by atoms with Crippen LogP contribution in [0, 0.1) is 11.2 Å². The topological polar surface area (TPSA) is 46.5 Å². The van der Waals surface area contributed by atoms with Crippen molar-refractivity contribution >= 4 is 17.6 Å². The van der Waals surface area contributed by atoms with Crippen LogP contribution in [0.25, 0.3) is 0 Å². The van der Waals surface area contributed by atoms with Crippen molar-refractivity contribution in [1.29, 1.82) is 0 Å². The first-order valence-electron chi connectivity index (χ1n) is 5.61. The lowest BCUT2D eigenvalue weighted by Crippen LogP contribution is -2.33. The third-order valence-corrected chi connectivity index (χ3v) is 3.05. The zero-order valence-corrected chi connectivity index (χ0v) is 11.3. The number of benzene rings is 1. The van der Waals surface area contributed by atoms with Gasteiger partial charge in [-0.3, -0.25) is 4.79 Å². The Bertz CT molecular complexity index is 446. The molecule has 0 aliphatic heterocycles. The van der Waals surface area contributed by atoms with Crippen molar-refractivity contribution in [3.63, 3.8) is 0 Å². The SMILES string of the molecule is CCOC(=O)C(C)(C)C(O)c1cccc(Cl)c1F. The molecule has 1 unspecified atom stereocenters. The minimum absolute atomic E-state index is 0.0134. The highest BCUT2D eigenvalue weighted by Gasteiger charge is 2.39. The zero-order chi connectivity index (χ0) is 13.9. The van der Waals surface area contributed by atoms with Gasteiger partial charge in [-0.25, -0.2) is 4.39 Å². The fourth-order valence-electron chi connectivity index (χ4n) is 1.55. The number of carbonyl (C=O) groups is 1. The lowest BCUT2D eigenvalue weighted by Gasteiger charge is -2.28. The Morgan fingerprint density at radius 3 is 2.72 bits per heavy atom. The highest BCUT2D eigenvalue weighted by Crippen LogP contribution is 2.37. The average molecular weight is 275 g/mol. The lowest BCUT2D eigenvalue weighted by molar-refractivity contribution is -0.160. The summed E-state index contributed by atoms with van der Waals surface area (Å²) in [6.45, 7) is 4.86. The third-order valence-electron chi connectivity index (χ3n) is 2.76. The summed E-state index contributed by atoms with van der Waals surface area (Å²) in [5.74, 6) is -1.30. The van der Waals surface area contributed by atoms with Gasteiger partial charge in [0.25, 0.3) is 0 Å². The first-order chi connectivity index (χ1) is 8.32. The molecule has 0 saturated heterocycles. The van der Waals surface area contributed by atoms with Crippen molar-refractivity contribution in [1.82, 2.24) is 0 Å². The average Bonchev–Trinajstić information content (AvgIpc) is 2.32. The van der Waals surface area contributed by atoms with Crippen LogP contribution in [0.4, 0.5) is 4.39 Å². The summed E-state index contributed by atoms with van der Waals surface area (Å²) >= 11 is 5.65. The van der Waals surface area contributed by atoms with E-state index in [1.807, 2.05) is 0 Å². The van der Waals surface area contributed by atoms with Gasteiger partial charge >= 0.3 is 5.97 Å². The molecule has 0 aliphatic carbocycles. The fourth-order valence-corrected chi connectivity index (χ4v) is 1.73. The molecule has 18 heavy (non-hydrogen) atoms. The van der Waals surface area contributed by atoms with Gasteiger partial charge in [-0.15, -0.1) is 0 Å². The number of hydrogen-bond donors (Lipinski definition) is 1. The van der Waals surface area contributed by atoms with E-state index in [0.29, 0.717) is 0 Å². The van der Waals surface area contributed by atoms with Gasteiger partial charge in [0, 0.05) is 5.56 Å². The molecular formula is C13H16ClFO3. The van der Waals surface area contributed by atoms with E-state index in [-0.39, 0.29) is 17.2 Å². The first kappa shape index (κ1) is 14.9. The maximum atomic E-state index is 13.8. The smallest absolute Gasteiger partial charge is 0.314 e. The van der Waals surface area contributed by atoms with Crippen LogP contribution in [-0.4, -0.2) is 17.7 Å². The van der Waals surface area contributed by atoms with Crippen molar-refractivity contribution in [3.8, 4) is 0 Å². The Morgan fingerprint density at radius 2 is 2.17 bits per heavy atom. The van der Waals surface area contributed by atoms with Crippen molar-refractivity contribution in [2.24, 2.45) is 5.41 Å². The highest BCUT2D eigenvalue weighted by atomic mass is 35.5. The fraction of sp³-hybridized carbons (Fsp3) is 0.462. The standard InChI is InChI=1S/C13H16ClFO3/c1-4-18-12(17)13(2,3)11(16)8-6-5-7-9(14)10(8)15/h5-7,11,16H,4H2,1-3H3. The van der Waals surface area contributed by atoms with E-state index < -0.39 is 23.3 Å². The Kier molecular flexibility index (Phi) is 4.71. The molecule has 0 radical (unpaired) electrons. The molecule has 0 fully saturated rings. The Balaban J connectivity index is 3.09. The number of rotatable bonds is 4. The maximum absolute atomic E-state index is 13.8. The molecule has 0 amide bonds. The van der Waals surface area contributed by atoms with Crippen molar-refractivity contribution in [2.75, 3.05) is 6.61 Å². The second-order valence-corrected chi connectivity index (χ2v) is 4.89. The van der Waals surface area contributed by atoms with Gasteiger partial charge in [0.05, 0.1) is 23.1 Å². The summed E-state index contributed by atoms with van der Waals surface area (Å²) in [6, 6.07) is 4.29. The van der Waals surface area contributed by atoms with Crippen molar-refractivity contribution in [2.45, 2.75) is 26.9 Å². The van der Waals surface area contributed by atoms with Crippen LogP contribution >= 0.6 is 11.6 Å². The van der Waals surface area contributed by atoms with Crippen molar-refractivity contribution < 1.29 is 19.0 Å². The number of hydrogen-bond acceptors (Lipinski definition) is 3. The number of carbonyl (C=O) groups excluding carboxylic acids is 1. The van der Waals surface area contributed by atoms with E-state index >= 15 is 0 Å². The molecule has 1 rings (SSSR count). The summed E-state index contributed by atoms with van der Waals surface area (Å²) in [5, 5.41) is 10.1. The monoisotopic (exact) mass is 274 g/mol. The summed E-state index contributed by atoms with van der Waals surface area (Å²) < 4.78 is 18.7. The highest BCUT2D eigenvalue weighted by molar-refractivity contribution is 6.30. The third kappa shape index (κ3) is 2.82. The Morgan fingerprint density at radius 1 is 1.56 bits per heavy atom. The summed E-state index contributed by atoms with van der Waals surface area (Å²) in [7, 11) is 0. The van der Waals surface area contributed by atoms with Gasteiger partial charge in [-0.2, -0.15) is 0 Å². The van der Waals surface area contributed by atoms with Crippen molar-refractivity contribution in [3.05, 3.63) is 34.6 Å². The molecular weight excluding hydrogens is 259 g/mol. The number of aliphatic hydroxyl groups is 1. The maximum Gasteiger partial charge on any atom is 0.314 e. The van der Waals surface area contributed by atoms with E-state index in [1.165, 1.54) is 32.0 Å². The molecule has 0 bridgehead atoms. The normalized spacial score (nSPS) is 13.2. The molecule has 3 nitrogen and oxygen atoms in total. The van der Waals surface area contributed by atoms with Crippen LogP contribution in [0.5, 0.6) is 0 Å². The molecule has 100 valence electrons. The molecule has 1 aromatic rings. The number of esters is 1. The summed E-state index contributed by atoms with van der Waals surface area (Å²) in [4.78, 5) is 11.7. The molecule has 1 aromatic carbocycles. The Hall–Kier alpha value is -1.13. The van der Waals surface area contributed by atoms with Crippen LogP contribution in [-0.2, 0) is 9.53 Å². The number of halogens is 2. The first-order valence-corrected chi connectivity index (χ1v) is 5.99. The van der Waals surface area contributed by atoms with Crippen LogP contribution in [0.3, 0.4) is 0 Å². The van der Waals surface area contributed by atoms with Gasteiger partial charge in [0.15, 0.2) is 0 Å². The predicted octanol–water partition coefficient (Wildman–Crippen LogP) is 3.10. The van der Waals surface area contributed by atoms with Crippen LogP contribution < -0.4 is 0 Å². The van der Waals surface area contributed by atoms with Crippen LogP contribution in [0.2, 0.25) is 5.02 Å². The molecule has 0 aromatic heterocycles. The minimum Gasteiger partial charge on any atom is -0.465 e. The van der Waals surface area contributed by atoms with E-state index in [0.717, 1.165) is 0 Å². The molecule has 0 saturated carbocycles. The molecule has 5 heteroatoms. The largest absolute Gasteiger partial charge is 0.465 e. The Labute approximate surface area is 111 Å². The predicted molar refractivity (Wildman–Crippen MR) is 66.8 cm³/mol. The van der Waals surface area contributed by atoms with Crippen LogP contribution in [0.1, 0.15) is 32.4 Å². The minimum atomic E-state index is -1.32. The molecule has 1 N–H and O–H groups in total. The molecule has 0 heterocycles.